The zero-order valence-corrected chi connectivity index (χ0v) is 11.3. The van der Waals surface area contributed by atoms with Crippen LogP contribution in [0.4, 0.5) is 8.78 Å². The highest BCUT2D eigenvalue weighted by Gasteiger charge is 2.28. The molecule has 20 heavy (non-hydrogen) atoms. The maximum Gasteiger partial charge on any atom is 0.130 e. The average molecular weight is 294 g/mol. The van der Waals surface area contributed by atoms with Gasteiger partial charge in [-0.2, -0.15) is 5.26 Å². The van der Waals surface area contributed by atoms with Crippen molar-refractivity contribution in [3.8, 4) is 6.07 Å². The Balaban J connectivity index is 2.41. The molecule has 2 atom stereocenters. The smallest absolute Gasteiger partial charge is 0.130 e. The zero-order chi connectivity index (χ0) is 14.5. The second-order valence-electron chi connectivity index (χ2n) is 4.30. The van der Waals surface area contributed by atoms with Gasteiger partial charge in [0.15, 0.2) is 0 Å². The molecule has 1 heterocycles. The second-order valence-corrected chi connectivity index (χ2v) is 5.21. The van der Waals surface area contributed by atoms with Crippen LogP contribution in [-0.4, -0.2) is 16.7 Å². The lowest BCUT2D eigenvalue weighted by atomic mass is 9.84. The van der Waals surface area contributed by atoms with Crippen LogP contribution < -0.4 is 0 Å². The molecule has 6 heteroatoms. The molecule has 1 N–H and O–H groups in total. The number of halogens is 2. The molecule has 3 nitrogen and oxygen atoms in total. The Labute approximate surface area is 119 Å². The molecule has 0 aliphatic carbocycles. The number of aliphatic hydroxyl groups is 1. The SMILES string of the molecule is N#C[C@H](c1ccc(F)cc1F)[C@@H](CCO)c1cncs1. The first-order chi connectivity index (χ1) is 9.67. The van der Waals surface area contributed by atoms with E-state index in [4.69, 9.17) is 5.11 Å². The molecular formula is C14H12F2N2OS. The minimum absolute atomic E-state index is 0.121. The lowest BCUT2D eigenvalue weighted by molar-refractivity contribution is 0.272. The Morgan fingerprint density at radius 1 is 1.40 bits per heavy atom. The van der Waals surface area contributed by atoms with Gasteiger partial charge in [0, 0.05) is 35.2 Å². The number of hydrogen-bond acceptors (Lipinski definition) is 4. The summed E-state index contributed by atoms with van der Waals surface area (Å²) in [6.45, 7) is -0.121. The van der Waals surface area contributed by atoms with Crippen LogP contribution in [0.3, 0.4) is 0 Å². The molecule has 104 valence electrons. The highest BCUT2D eigenvalue weighted by Crippen LogP contribution is 2.37. The van der Waals surface area contributed by atoms with Gasteiger partial charge in [-0.1, -0.05) is 6.07 Å². The van der Waals surface area contributed by atoms with Crippen molar-refractivity contribution in [1.82, 2.24) is 4.98 Å². The molecule has 2 rings (SSSR count). The summed E-state index contributed by atoms with van der Waals surface area (Å²) in [5.41, 5.74) is 1.76. The monoisotopic (exact) mass is 294 g/mol. The van der Waals surface area contributed by atoms with Crippen LogP contribution in [0.25, 0.3) is 0 Å². The summed E-state index contributed by atoms with van der Waals surface area (Å²) in [6, 6.07) is 5.24. The third-order valence-electron chi connectivity index (χ3n) is 3.10. The third kappa shape index (κ3) is 3.00. The van der Waals surface area contributed by atoms with E-state index in [0.717, 1.165) is 17.0 Å². The maximum absolute atomic E-state index is 13.9. The lowest BCUT2D eigenvalue weighted by Crippen LogP contribution is -2.12. The quantitative estimate of drug-likeness (QED) is 0.921. The van der Waals surface area contributed by atoms with Crippen LogP contribution in [0.15, 0.2) is 29.9 Å². The Hall–Kier alpha value is -1.84. The predicted molar refractivity (Wildman–Crippen MR) is 71.3 cm³/mol. The van der Waals surface area contributed by atoms with Gasteiger partial charge in [-0.25, -0.2) is 8.78 Å². The Kier molecular flexibility index (Phi) is 4.77. The highest BCUT2D eigenvalue weighted by molar-refractivity contribution is 7.09. The summed E-state index contributed by atoms with van der Waals surface area (Å²) in [6.07, 6.45) is 1.92. The van der Waals surface area contributed by atoms with Crippen LogP contribution in [0.5, 0.6) is 0 Å². The number of nitrogens with zero attached hydrogens (tertiary/aromatic N) is 2. The van der Waals surface area contributed by atoms with E-state index < -0.39 is 17.6 Å². The molecule has 1 aromatic carbocycles. The van der Waals surface area contributed by atoms with Gasteiger partial charge < -0.3 is 5.11 Å². The fourth-order valence-electron chi connectivity index (χ4n) is 2.15. The van der Waals surface area contributed by atoms with E-state index in [9.17, 15) is 14.0 Å². The molecule has 0 saturated carbocycles. The van der Waals surface area contributed by atoms with Crippen LogP contribution in [0.2, 0.25) is 0 Å². The Morgan fingerprint density at radius 2 is 2.20 bits per heavy atom. The highest BCUT2D eigenvalue weighted by atomic mass is 32.1. The molecule has 2 aromatic rings. The molecule has 0 spiro atoms. The van der Waals surface area contributed by atoms with E-state index in [0.29, 0.717) is 6.42 Å². The van der Waals surface area contributed by atoms with E-state index in [2.05, 4.69) is 11.1 Å². The second kappa shape index (κ2) is 6.55. The largest absolute Gasteiger partial charge is 0.396 e. The Bertz CT molecular complexity index is 610. The maximum atomic E-state index is 13.9. The van der Waals surface area contributed by atoms with Gasteiger partial charge in [0.25, 0.3) is 0 Å². The van der Waals surface area contributed by atoms with Crippen molar-refractivity contribution in [3.05, 3.63) is 52.0 Å². The summed E-state index contributed by atoms with van der Waals surface area (Å²) < 4.78 is 26.8. The molecule has 0 aliphatic heterocycles. The van der Waals surface area contributed by atoms with E-state index in [1.807, 2.05) is 0 Å². The third-order valence-corrected chi connectivity index (χ3v) is 4.00. The summed E-state index contributed by atoms with van der Waals surface area (Å²) in [7, 11) is 0. The van der Waals surface area contributed by atoms with E-state index in [1.165, 1.54) is 17.4 Å². The molecule has 0 fully saturated rings. The van der Waals surface area contributed by atoms with Gasteiger partial charge in [0.1, 0.15) is 11.6 Å². The first kappa shape index (κ1) is 14.6. The van der Waals surface area contributed by atoms with Crippen molar-refractivity contribution >= 4 is 11.3 Å². The first-order valence-corrected chi connectivity index (χ1v) is 6.89. The topological polar surface area (TPSA) is 56.9 Å². The number of aromatic nitrogens is 1. The zero-order valence-electron chi connectivity index (χ0n) is 10.5. The standard InChI is InChI=1S/C14H12F2N2OS/c15-9-1-2-10(13(16)5-9)12(6-17)11(3-4-19)14-7-18-8-20-14/h1-2,5,7-8,11-12,19H,3-4H2/t11-,12-/m1/s1. The van der Waals surface area contributed by atoms with Gasteiger partial charge in [-0.15, -0.1) is 11.3 Å². The van der Waals surface area contributed by atoms with Crippen LogP contribution in [0, 0.1) is 23.0 Å². The lowest BCUT2D eigenvalue weighted by Gasteiger charge is -2.20. The van der Waals surface area contributed by atoms with Crippen molar-refractivity contribution < 1.29 is 13.9 Å². The summed E-state index contributed by atoms with van der Waals surface area (Å²) in [5, 5.41) is 18.5. The molecule has 0 unspecified atom stereocenters. The van der Waals surface area contributed by atoms with Gasteiger partial charge in [0.05, 0.1) is 17.5 Å². The summed E-state index contributed by atoms with van der Waals surface area (Å²) in [4.78, 5) is 4.75. The number of nitriles is 1. The van der Waals surface area contributed by atoms with Gasteiger partial charge in [0.2, 0.25) is 0 Å². The van der Waals surface area contributed by atoms with Crippen LogP contribution in [0.1, 0.15) is 28.7 Å². The average Bonchev–Trinajstić information content (AvgIpc) is 2.94. The van der Waals surface area contributed by atoms with E-state index in [-0.39, 0.29) is 18.1 Å². The normalized spacial score (nSPS) is 13.7. The first-order valence-electron chi connectivity index (χ1n) is 6.01. The molecule has 0 saturated heterocycles. The molecule has 0 radical (unpaired) electrons. The van der Waals surface area contributed by atoms with Crippen molar-refractivity contribution in [2.75, 3.05) is 6.61 Å². The number of hydrogen-bond donors (Lipinski definition) is 1. The minimum atomic E-state index is -0.789. The van der Waals surface area contributed by atoms with E-state index in [1.54, 1.807) is 11.7 Å². The van der Waals surface area contributed by atoms with Crippen molar-refractivity contribution in [1.29, 1.82) is 5.26 Å². The molecule has 0 bridgehead atoms. The molecular weight excluding hydrogens is 282 g/mol. The fourth-order valence-corrected chi connectivity index (χ4v) is 2.94. The summed E-state index contributed by atoms with van der Waals surface area (Å²) >= 11 is 1.35. The number of benzene rings is 1. The molecule has 0 aliphatic rings. The van der Waals surface area contributed by atoms with Gasteiger partial charge in [-0.3, -0.25) is 4.98 Å². The number of rotatable bonds is 5. The minimum Gasteiger partial charge on any atom is -0.396 e. The fraction of sp³-hybridized carbons (Fsp3) is 0.286. The van der Waals surface area contributed by atoms with Crippen LogP contribution >= 0.6 is 11.3 Å². The van der Waals surface area contributed by atoms with Crippen molar-refractivity contribution in [2.24, 2.45) is 0 Å². The van der Waals surface area contributed by atoms with Crippen LogP contribution in [-0.2, 0) is 0 Å². The van der Waals surface area contributed by atoms with Gasteiger partial charge in [-0.05, 0) is 12.5 Å². The van der Waals surface area contributed by atoms with Gasteiger partial charge >= 0.3 is 0 Å². The van der Waals surface area contributed by atoms with E-state index >= 15 is 0 Å². The summed E-state index contributed by atoms with van der Waals surface area (Å²) in [5.74, 6) is -2.58. The molecule has 0 amide bonds. The predicted octanol–water partition coefficient (Wildman–Crippen LogP) is 3.19. The Morgan fingerprint density at radius 3 is 2.75 bits per heavy atom. The number of aliphatic hydroxyl groups excluding tert-OH is 1. The molecule has 1 aromatic heterocycles. The van der Waals surface area contributed by atoms with Crippen molar-refractivity contribution in [2.45, 2.75) is 18.3 Å². The van der Waals surface area contributed by atoms with Crippen molar-refractivity contribution in [3.63, 3.8) is 0 Å². The number of thiazole rings is 1.